The van der Waals surface area contributed by atoms with Gasteiger partial charge in [0, 0.05) is 0 Å². The van der Waals surface area contributed by atoms with E-state index in [4.69, 9.17) is 23.2 Å². The molecule has 2 aromatic carbocycles. The van der Waals surface area contributed by atoms with E-state index in [0.29, 0.717) is 0 Å². The molecule has 3 heteroatoms. The average Bonchev–Trinajstić information content (AvgIpc) is 3.14. The molecule has 0 aliphatic heterocycles. The molecule has 4 rings (SSSR count). The third-order valence-corrected chi connectivity index (χ3v) is 11.0. The molecule has 2 atom stereocenters. The van der Waals surface area contributed by atoms with Crippen molar-refractivity contribution in [1.29, 1.82) is 0 Å². The molecule has 0 bridgehead atoms. The largest absolute Gasteiger partial charge is 0.113 e. The Balaban J connectivity index is 1.98. The zero-order valence-electron chi connectivity index (χ0n) is 16.4. The van der Waals surface area contributed by atoms with Crippen molar-refractivity contribution in [2.24, 2.45) is 0 Å². The molecular formula is C24H26Cl2Si. The van der Waals surface area contributed by atoms with E-state index in [9.17, 15) is 0 Å². The number of hydrogen-bond acceptors (Lipinski definition) is 0. The van der Waals surface area contributed by atoms with Gasteiger partial charge in [-0.05, 0) is 56.6 Å². The number of rotatable bonds is 4. The van der Waals surface area contributed by atoms with Crippen molar-refractivity contribution in [1.82, 2.24) is 0 Å². The van der Waals surface area contributed by atoms with Gasteiger partial charge in [-0.3, -0.25) is 0 Å². The van der Waals surface area contributed by atoms with E-state index in [1.807, 2.05) is 0 Å². The highest BCUT2D eigenvalue weighted by atomic mass is 35.5. The average molecular weight is 413 g/mol. The van der Waals surface area contributed by atoms with Crippen LogP contribution in [0.25, 0.3) is 10.4 Å². The molecule has 2 aromatic rings. The van der Waals surface area contributed by atoms with Gasteiger partial charge in [0.05, 0.1) is 10.8 Å². The zero-order valence-corrected chi connectivity index (χ0v) is 19.0. The molecule has 140 valence electrons. The van der Waals surface area contributed by atoms with Crippen LogP contribution in [0.3, 0.4) is 0 Å². The Kier molecular flexibility index (Phi) is 4.91. The Hall–Kier alpha value is -1.28. The van der Waals surface area contributed by atoms with Gasteiger partial charge in [-0.15, -0.1) is 23.2 Å². The van der Waals surface area contributed by atoms with Crippen molar-refractivity contribution in [2.45, 2.75) is 50.5 Å². The molecule has 0 radical (unpaired) electrons. The predicted molar refractivity (Wildman–Crippen MR) is 122 cm³/mol. The van der Waals surface area contributed by atoms with Crippen molar-refractivity contribution < 1.29 is 0 Å². The van der Waals surface area contributed by atoms with Crippen LogP contribution in [-0.2, 0) is 0 Å². The highest BCUT2D eigenvalue weighted by Gasteiger charge is 2.44. The molecule has 0 N–H and O–H groups in total. The van der Waals surface area contributed by atoms with Crippen LogP contribution in [0.2, 0.25) is 13.1 Å². The molecule has 2 unspecified atom stereocenters. The fourth-order valence-corrected chi connectivity index (χ4v) is 10.6. The minimum absolute atomic E-state index is 0.00194. The summed E-state index contributed by atoms with van der Waals surface area (Å²) >= 11 is 13.9. The molecule has 0 heterocycles. The molecule has 2 aliphatic rings. The summed E-state index contributed by atoms with van der Waals surface area (Å²) in [5.41, 5.74) is 8.10. The topological polar surface area (TPSA) is 0 Å². The third kappa shape index (κ3) is 2.70. The molecule has 0 nitrogen and oxygen atoms in total. The fraction of sp³-hybridized carbons (Fsp3) is 0.333. The smallest absolute Gasteiger partial charge is 0.113 e. The Bertz CT molecular complexity index is 890. The summed E-state index contributed by atoms with van der Waals surface area (Å²) in [6.45, 7) is 9.45. The van der Waals surface area contributed by atoms with E-state index < -0.39 is 8.07 Å². The molecule has 2 aliphatic carbocycles. The lowest BCUT2D eigenvalue weighted by Gasteiger charge is -2.31. The van der Waals surface area contributed by atoms with Crippen molar-refractivity contribution >= 4 is 41.7 Å². The molecule has 27 heavy (non-hydrogen) atoms. The van der Waals surface area contributed by atoms with E-state index in [0.717, 1.165) is 12.8 Å². The maximum Gasteiger partial charge on any atom is 0.113 e. The SMILES string of the molecule is CCC1=C([Si](C)(C)C2=C(CC)C(Cl)c3ccccc32)c2ccccc2C1Cl. The predicted octanol–water partition coefficient (Wildman–Crippen LogP) is 8.09. The highest BCUT2D eigenvalue weighted by molar-refractivity contribution is 7.09. The summed E-state index contributed by atoms with van der Waals surface area (Å²) in [7, 11) is -2.00. The molecule has 0 saturated carbocycles. The first-order valence-corrected chi connectivity index (χ1v) is 13.7. The van der Waals surface area contributed by atoms with Crippen LogP contribution in [-0.4, -0.2) is 8.07 Å². The molecule has 0 spiro atoms. The van der Waals surface area contributed by atoms with Gasteiger partial charge in [-0.2, -0.15) is 0 Å². The number of alkyl halides is 2. The van der Waals surface area contributed by atoms with Crippen molar-refractivity contribution in [3.8, 4) is 0 Å². The normalized spacial score (nSPS) is 21.7. The van der Waals surface area contributed by atoms with Gasteiger partial charge in [0.2, 0.25) is 0 Å². The fourth-order valence-electron chi connectivity index (χ4n) is 5.18. The van der Waals surface area contributed by atoms with Gasteiger partial charge >= 0.3 is 0 Å². The summed E-state index contributed by atoms with van der Waals surface area (Å²) in [6.07, 6.45) is 1.99. The van der Waals surface area contributed by atoms with Crippen LogP contribution in [0.4, 0.5) is 0 Å². The van der Waals surface area contributed by atoms with Crippen LogP contribution in [0, 0.1) is 0 Å². The van der Waals surface area contributed by atoms with E-state index in [1.54, 1.807) is 0 Å². The van der Waals surface area contributed by atoms with Gasteiger partial charge in [0.25, 0.3) is 0 Å². The molecule has 0 saturated heterocycles. The second-order valence-electron chi connectivity index (χ2n) is 8.03. The van der Waals surface area contributed by atoms with Crippen molar-refractivity contribution in [3.63, 3.8) is 0 Å². The number of hydrogen-bond donors (Lipinski definition) is 0. The Morgan fingerprint density at radius 3 is 1.44 bits per heavy atom. The lowest BCUT2D eigenvalue weighted by molar-refractivity contribution is 1.01. The lowest BCUT2D eigenvalue weighted by atomic mass is 10.1. The zero-order chi connectivity index (χ0) is 19.3. The number of fused-ring (bicyclic) bond motifs is 2. The van der Waals surface area contributed by atoms with Gasteiger partial charge < -0.3 is 0 Å². The second kappa shape index (κ2) is 6.95. The Labute approximate surface area is 173 Å². The highest BCUT2D eigenvalue weighted by Crippen LogP contribution is 2.56. The van der Waals surface area contributed by atoms with Crippen LogP contribution < -0.4 is 0 Å². The number of allylic oxidation sites excluding steroid dienone is 2. The van der Waals surface area contributed by atoms with E-state index in [-0.39, 0.29) is 10.8 Å². The van der Waals surface area contributed by atoms with Crippen LogP contribution >= 0.6 is 23.2 Å². The maximum atomic E-state index is 6.94. The minimum Gasteiger partial charge on any atom is -0.113 e. The van der Waals surface area contributed by atoms with Crippen molar-refractivity contribution in [2.75, 3.05) is 0 Å². The molecular weight excluding hydrogens is 387 g/mol. The lowest BCUT2D eigenvalue weighted by Crippen LogP contribution is -2.31. The first kappa shape index (κ1) is 19.1. The van der Waals surface area contributed by atoms with Gasteiger partial charge in [0.1, 0.15) is 8.07 Å². The standard InChI is InChI=1S/C24H26Cl2Si/c1-5-15-21(25)17-11-7-9-13-19(17)23(15)27(3,4)24-16(6-2)22(26)18-12-8-10-14-20(18)24/h7-14,21-22H,5-6H2,1-4H3. The molecule has 0 aromatic heterocycles. The Morgan fingerprint density at radius 2 is 1.07 bits per heavy atom. The van der Waals surface area contributed by atoms with Crippen molar-refractivity contribution in [3.05, 3.63) is 81.9 Å². The monoisotopic (exact) mass is 412 g/mol. The summed E-state index contributed by atoms with van der Waals surface area (Å²) in [6, 6.07) is 17.4. The summed E-state index contributed by atoms with van der Waals surface area (Å²) < 4.78 is 0. The first-order valence-electron chi connectivity index (χ1n) is 9.87. The minimum atomic E-state index is -2.00. The van der Waals surface area contributed by atoms with Crippen LogP contribution in [0.1, 0.15) is 59.7 Å². The summed E-state index contributed by atoms with van der Waals surface area (Å²) in [4.78, 5) is 0. The van der Waals surface area contributed by atoms with Crippen LogP contribution in [0.15, 0.2) is 59.7 Å². The molecule has 0 fully saturated rings. The number of benzene rings is 2. The van der Waals surface area contributed by atoms with E-state index in [1.165, 1.54) is 43.8 Å². The van der Waals surface area contributed by atoms with Gasteiger partial charge in [-0.25, -0.2) is 0 Å². The van der Waals surface area contributed by atoms with E-state index in [2.05, 4.69) is 75.5 Å². The van der Waals surface area contributed by atoms with Crippen LogP contribution in [0.5, 0.6) is 0 Å². The third-order valence-electron chi connectivity index (χ3n) is 6.27. The van der Waals surface area contributed by atoms with Gasteiger partial charge in [0.15, 0.2) is 0 Å². The maximum absolute atomic E-state index is 6.94. The number of halogens is 2. The van der Waals surface area contributed by atoms with Gasteiger partial charge in [-0.1, -0.05) is 75.5 Å². The summed E-state index contributed by atoms with van der Waals surface area (Å²) in [5, 5.41) is 3.06. The first-order chi connectivity index (χ1) is 12.9. The van der Waals surface area contributed by atoms with E-state index >= 15 is 0 Å². The quantitative estimate of drug-likeness (QED) is 0.351. The second-order valence-corrected chi connectivity index (χ2v) is 13.2. The summed E-state index contributed by atoms with van der Waals surface area (Å²) in [5.74, 6) is 0. The Morgan fingerprint density at radius 1 is 0.704 bits per heavy atom. The molecule has 0 amide bonds.